The molecular formula is C15H26N2S. The fourth-order valence-corrected chi connectivity index (χ4v) is 4.26. The summed E-state index contributed by atoms with van der Waals surface area (Å²) in [6, 6.07) is 0.500. The van der Waals surface area contributed by atoms with Crippen molar-refractivity contribution in [3.63, 3.8) is 0 Å². The minimum atomic E-state index is 0.0638. The molecule has 0 radical (unpaired) electrons. The monoisotopic (exact) mass is 266 g/mol. The minimum Gasteiger partial charge on any atom is -0.303 e. The maximum absolute atomic E-state index is 4.84. The van der Waals surface area contributed by atoms with Crippen LogP contribution in [0.4, 0.5) is 0 Å². The van der Waals surface area contributed by atoms with E-state index in [0.29, 0.717) is 6.04 Å². The van der Waals surface area contributed by atoms with Crippen molar-refractivity contribution in [1.82, 2.24) is 10.3 Å². The average molecular weight is 266 g/mol. The highest BCUT2D eigenvalue weighted by Gasteiger charge is 2.40. The average Bonchev–Trinajstić information content (AvgIpc) is 2.89. The van der Waals surface area contributed by atoms with Crippen molar-refractivity contribution in [3.05, 3.63) is 15.6 Å². The van der Waals surface area contributed by atoms with Crippen molar-refractivity contribution in [2.45, 2.75) is 71.9 Å². The van der Waals surface area contributed by atoms with E-state index >= 15 is 0 Å². The molecule has 0 aliphatic heterocycles. The van der Waals surface area contributed by atoms with E-state index in [0.717, 1.165) is 5.92 Å². The highest BCUT2D eigenvalue weighted by atomic mass is 32.1. The Kier molecular flexibility index (Phi) is 4.12. The predicted octanol–water partition coefficient (Wildman–Crippen LogP) is 4.16. The molecule has 1 unspecified atom stereocenters. The van der Waals surface area contributed by atoms with E-state index in [9.17, 15) is 0 Å². The van der Waals surface area contributed by atoms with Crippen molar-refractivity contribution in [3.8, 4) is 0 Å². The quantitative estimate of drug-likeness (QED) is 0.885. The number of hydrogen-bond donors (Lipinski definition) is 1. The van der Waals surface area contributed by atoms with Gasteiger partial charge in [-0.15, -0.1) is 11.3 Å². The summed E-state index contributed by atoms with van der Waals surface area (Å²) < 4.78 is 0. The zero-order valence-electron chi connectivity index (χ0n) is 12.3. The zero-order valence-corrected chi connectivity index (χ0v) is 13.2. The number of rotatable bonds is 4. The van der Waals surface area contributed by atoms with Gasteiger partial charge in [-0.1, -0.05) is 12.8 Å². The summed E-state index contributed by atoms with van der Waals surface area (Å²) in [6.45, 7) is 11.1. The van der Waals surface area contributed by atoms with Crippen molar-refractivity contribution >= 4 is 11.3 Å². The van der Waals surface area contributed by atoms with Crippen LogP contribution >= 0.6 is 11.3 Å². The van der Waals surface area contributed by atoms with Crippen LogP contribution < -0.4 is 5.32 Å². The summed E-state index contributed by atoms with van der Waals surface area (Å²) in [5.74, 6) is 0.741. The Morgan fingerprint density at radius 2 is 1.89 bits per heavy atom. The topological polar surface area (TPSA) is 24.9 Å². The van der Waals surface area contributed by atoms with Crippen LogP contribution in [0.2, 0.25) is 0 Å². The Labute approximate surface area is 115 Å². The molecule has 3 heteroatoms. The van der Waals surface area contributed by atoms with Crippen LogP contribution in [0.3, 0.4) is 0 Å². The van der Waals surface area contributed by atoms with E-state index in [-0.39, 0.29) is 5.54 Å². The second-order valence-corrected chi connectivity index (χ2v) is 7.35. The first-order chi connectivity index (χ1) is 8.43. The molecule has 1 aliphatic carbocycles. The molecule has 2 nitrogen and oxygen atoms in total. The molecule has 0 spiro atoms. The molecule has 1 N–H and O–H groups in total. The van der Waals surface area contributed by atoms with Crippen LogP contribution in [0.1, 0.15) is 62.0 Å². The maximum atomic E-state index is 4.84. The third kappa shape index (κ3) is 2.62. The van der Waals surface area contributed by atoms with E-state index in [4.69, 9.17) is 4.98 Å². The molecule has 1 aromatic rings. The molecule has 18 heavy (non-hydrogen) atoms. The Balaban J connectivity index is 2.34. The Morgan fingerprint density at radius 1 is 1.28 bits per heavy atom. The molecule has 0 saturated heterocycles. The first kappa shape index (κ1) is 14.0. The summed E-state index contributed by atoms with van der Waals surface area (Å²) in [4.78, 5) is 6.20. The normalized spacial score (nSPS) is 20.6. The summed E-state index contributed by atoms with van der Waals surface area (Å²) in [7, 11) is 0. The van der Waals surface area contributed by atoms with Crippen LogP contribution in [0.15, 0.2) is 0 Å². The first-order valence-corrected chi connectivity index (χ1v) is 7.97. The molecule has 1 aromatic heterocycles. The van der Waals surface area contributed by atoms with Crippen LogP contribution in [-0.4, -0.2) is 11.0 Å². The number of nitrogens with zero attached hydrogens (tertiary/aromatic N) is 1. The predicted molar refractivity (Wildman–Crippen MR) is 79.2 cm³/mol. The molecule has 1 atom stereocenters. The number of aryl methyl sites for hydroxylation is 2. The lowest BCUT2D eigenvalue weighted by atomic mass is 9.84. The molecule has 1 aliphatic rings. The van der Waals surface area contributed by atoms with E-state index < -0.39 is 0 Å². The summed E-state index contributed by atoms with van der Waals surface area (Å²) in [6.07, 6.45) is 5.44. The number of hydrogen-bond acceptors (Lipinski definition) is 3. The maximum Gasteiger partial charge on any atom is 0.113 e. The largest absolute Gasteiger partial charge is 0.303 e. The zero-order chi connectivity index (χ0) is 13.3. The Hall–Kier alpha value is -0.410. The number of thiazole rings is 1. The Morgan fingerprint density at radius 3 is 2.33 bits per heavy atom. The van der Waals surface area contributed by atoms with E-state index in [1.807, 2.05) is 11.3 Å². The molecule has 1 saturated carbocycles. The van der Waals surface area contributed by atoms with Crippen LogP contribution in [0.5, 0.6) is 0 Å². The smallest absolute Gasteiger partial charge is 0.113 e. The summed E-state index contributed by atoms with van der Waals surface area (Å²) in [5.41, 5.74) is 1.26. The Bertz CT molecular complexity index is 385. The SMILES string of the molecule is Cc1nc(C(C)(NC(C)C)C2CCCC2)sc1C. The van der Waals surface area contributed by atoms with Gasteiger partial charge in [0.05, 0.1) is 11.2 Å². The van der Waals surface area contributed by atoms with Crippen molar-refractivity contribution in [2.75, 3.05) is 0 Å². The fourth-order valence-electron chi connectivity index (χ4n) is 3.15. The van der Waals surface area contributed by atoms with Crippen molar-refractivity contribution in [1.29, 1.82) is 0 Å². The van der Waals surface area contributed by atoms with Gasteiger partial charge in [-0.3, -0.25) is 0 Å². The van der Waals surface area contributed by atoms with Gasteiger partial charge in [0.25, 0.3) is 0 Å². The fraction of sp³-hybridized carbons (Fsp3) is 0.800. The lowest BCUT2D eigenvalue weighted by Crippen LogP contribution is -2.48. The molecule has 2 rings (SSSR count). The van der Waals surface area contributed by atoms with E-state index in [1.54, 1.807) is 0 Å². The van der Waals surface area contributed by atoms with Gasteiger partial charge in [0, 0.05) is 10.9 Å². The van der Waals surface area contributed by atoms with E-state index in [1.165, 1.54) is 41.3 Å². The molecular weight excluding hydrogens is 240 g/mol. The van der Waals surface area contributed by atoms with Crippen LogP contribution in [0, 0.1) is 19.8 Å². The van der Waals surface area contributed by atoms with Gasteiger partial charge in [0.15, 0.2) is 0 Å². The molecule has 0 bridgehead atoms. The molecule has 102 valence electrons. The third-order valence-electron chi connectivity index (χ3n) is 4.23. The van der Waals surface area contributed by atoms with Gasteiger partial charge in [-0.25, -0.2) is 4.98 Å². The van der Waals surface area contributed by atoms with Crippen LogP contribution in [-0.2, 0) is 5.54 Å². The minimum absolute atomic E-state index is 0.0638. The molecule has 0 aromatic carbocycles. The van der Waals surface area contributed by atoms with Gasteiger partial charge in [-0.05, 0) is 53.4 Å². The number of nitrogens with one attached hydrogen (secondary N) is 1. The van der Waals surface area contributed by atoms with Gasteiger partial charge in [0.1, 0.15) is 5.01 Å². The second-order valence-electron chi connectivity index (χ2n) is 6.14. The second kappa shape index (κ2) is 5.30. The lowest BCUT2D eigenvalue weighted by Gasteiger charge is -2.37. The van der Waals surface area contributed by atoms with Gasteiger partial charge < -0.3 is 5.32 Å². The van der Waals surface area contributed by atoms with Gasteiger partial charge >= 0.3 is 0 Å². The molecule has 0 amide bonds. The van der Waals surface area contributed by atoms with E-state index in [2.05, 4.69) is 39.9 Å². The number of aromatic nitrogens is 1. The first-order valence-electron chi connectivity index (χ1n) is 7.15. The lowest BCUT2D eigenvalue weighted by molar-refractivity contribution is 0.216. The highest BCUT2D eigenvalue weighted by Crippen LogP contribution is 2.42. The molecule has 1 fully saturated rings. The van der Waals surface area contributed by atoms with Crippen molar-refractivity contribution < 1.29 is 0 Å². The van der Waals surface area contributed by atoms with Crippen LogP contribution in [0.25, 0.3) is 0 Å². The van der Waals surface area contributed by atoms with Gasteiger partial charge in [0.2, 0.25) is 0 Å². The van der Waals surface area contributed by atoms with Crippen molar-refractivity contribution in [2.24, 2.45) is 5.92 Å². The highest BCUT2D eigenvalue weighted by molar-refractivity contribution is 7.11. The third-order valence-corrected chi connectivity index (χ3v) is 5.54. The summed E-state index contributed by atoms with van der Waals surface area (Å²) >= 11 is 1.88. The van der Waals surface area contributed by atoms with Gasteiger partial charge in [-0.2, -0.15) is 0 Å². The summed E-state index contributed by atoms with van der Waals surface area (Å²) in [5, 5.41) is 5.09. The standard InChI is InChI=1S/C15H26N2S/c1-10(2)17-15(5,13-8-6-7-9-13)14-16-11(3)12(4)18-14/h10,13,17H,6-9H2,1-5H3. The molecule has 1 heterocycles.